The van der Waals surface area contributed by atoms with Crippen molar-refractivity contribution >= 4 is 45.1 Å². The van der Waals surface area contributed by atoms with Gasteiger partial charge in [-0.1, -0.05) is 37.0 Å². The second kappa shape index (κ2) is 11.3. The summed E-state index contributed by atoms with van der Waals surface area (Å²) in [6.07, 6.45) is 1.93. The molecule has 1 fully saturated rings. The highest BCUT2D eigenvalue weighted by atomic mass is 35.5. The third-order valence-corrected chi connectivity index (χ3v) is 9.24. The molecule has 2 aromatic rings. The largest absolute Gasteiger partial charge is 0.497 e. The van der Waals surface area contributed by atoms with E-state index in [1.807, 2.05) is 13.8 Å². The molecule has 0 saturated carbocycles. The Morgan fingerprint density at radius 3 is 2.58 bits per heavy atom. The molecule has 2 heterocycles. The number of nitrogens with zero attached hydrogens (tertiary/aromatic N) is 2. The molecule has 0 N–H and O–H groups in total. The van der Waals surface area contributed by atoms with Gasteiger partial charge in [0.15, 0.2) is 6.73 Å². The molecule has 2 aromatic carbocycles. The van der Waals surface area contributed by atoms with E-state index in [0.717, 1.165) is 25.9 Å². The van der Waals surface area contributed by atoms with Crippen LogP contribution in [-0.4, -0.2) is 70.1 Å². The van der Waals surface area contributed by atoms with E-state index in [1.54, 1.807) is 12.1 Å². The quantitative estimate of drug-likeness (QED) is 0.387. The van der Waals surface area contributed by atoms with E-state index in [-0.39, 0.29) is 37.7 Å². The van der Waals surface area contributed by atoms with Crippen LogP contribution >= 0.6 is 23.2 Å². The summed E-state index contributed by atoms with van der Waals surface area (Å²) in [5.74, 6) is -0.834. The number of benzene rings is 2. The van der Waals surface area contributed by atoms with Crippen molar-refractivity contribution in [2.75, 3.05) is 40.6 Å². The van der Waals surface area contributed by atoms with Gasteiger partial charge in [-0.3, -0.25) is 4.79 Å². The maximum atomic E-state index is 13.2. The summed E-state index contributed by atoms with van der Waals surface area (Å²) in [5.41, 5.74) is 0.385. The number of halogens is 2. The number of fused-ring (bicyclic) bond motifs is 1. The van der Waals surface area contributed by atoms with E-state index in [1.165, 1.54) is 19.2 Å². The van der Waals surface area contributed by atoms with Crippen LogP contribution in [0.5, 0.6) is 11.5 Å². The van der Waals surface area contributed by atoms with E-state index < -0.39 is 28.6 Å². The minimum atomic E-state index is -4.28. The summed E-state index contributed by atoms with van der Waals surface area (Å²) in [7, 11) is -0.794. The fraction of sp³-hybridized carbons (Fsp3) is 0.462. The molecule has 2 aliphatic rings. The lowest BCUT2D eigenvalue weighted by atomic mass is 9.96. The van der Waals surface area contributed by atoms with Gasteiger partial charge in [0.2, 0.25) is 0 Å². The molecule has 1 atom stereocenters. The minimum absolute atomic E-state index is 0.00971. The molecule has 0 radical (unpaired) electrons. The molecule has 2 aliphatic heterocycles. The lowest BCUT2D eigenvalue weighted by Gasteiger charge is -2.17. The minimum Gasteiger partial charge on any atom is -0.497 e. The van der Waals surface area contributed by atoms with E-state index in [2.05, 4.69) is 11.9 Å². The number of hydrogen-bond acceptors (Lipinski definition) is 8. The smallest absolute Gasteiger partial charge is 0.343 e. The van der Waals surface area contributed by atoms with Crippen molar-refractivity contribution in [3.05, 3.63) is 51.0 Å². The molecule has 0 aromatic heterocycles. The first kappa shape index (κ1) is 28.5. The number of carbonyl (C=O) groups is 2. The van der Waals surface area contributed by atoms with Gasteiger partial charge < -0.3 is 19.1 Å². The highest BCUT2D eigenvalue weighted by Gasteiger charge is 2.44. The van der Waals surface area contributed by atoms with Crippen LogP contribution in [0.1, 0.15) is 58.9 Å². The SMILES string of the molecule is COc1cc(C(C)C)c2c(c1)S(=O)(=O)N(COC(=O)c1c(Cl)ccc(OCCC3CCN(C)C3)c1Cl)C2=O. The molecule has 1 amide bonds. The highest BCUT2D eigenvalue weighted by Crippen LogP contribution is 2.39. The lowest BCUT2D eigenvalue weighted by molar-refractivity contribution is 0.0357. The molecule has 0 spiro atoms. The van der Waals surface area contributed by atoms with Gasteiger partial charge in [-0.05, 0) is 62.0 Å². The van der Waals surface area contributed by atoms with Crippen molar-refractivity contribution < 1.29 is 32.2 Å². The Kier molecular flexibility index (Phi) is 8.46. The summed E-state index contributed by atoms with van der Waals surface area (Å²) in [6, 6.07) is 5.93. The second-order valence-electron chi connectivity index (χ2n) is 9.75. The number of amides is 1. The standard InChI is InChI=1S/C26H30Cl2N2O7S/c1-15(2)18-11-17(35-4)12-21-22(18)25(31)30(38(21,33)34)14-37-26(32)23-19(27)5-6-20(24(23)28)36-10-8-16-7-9-29(3)13-16/h5-6,11-12,15-16H,7-10,13-14H2,1-4H3. The van der Waals surface area contributed by atoms with Crippen molar-refractivity contribution in [2.24, 2.45) is 5.92 Å². The van der Waals surface area contributed by atoms with E-state index in [9.17, 15) is 18.0 Å². The Hall–Kier alpha value is -2.53. The summed E-state index contributed by atoms with van der Waals surface area (Å²) < 4.78 is 43.2. The summed E-state index contributed by atoms with van der Waals surface area (Å²) in [4.78, 5) is 28.2. The van der Waals surface area contributed by atoms with E-state index >= 15 is 0 Å². The Labute approximate surface area is 232 Å². The fourth-order valence-corrected chi connectivity index (χ4v) is 6.76. The number of ether oxygens (including phenoxy) is 3. The second-order valence-corrected chi connectivity index (χ2v) is 12.4. The van der Waals surface area contributed by atoms with Crippen LogP contribution in [0.4, 0.5) is 0 Å². The van der Waals surface area contributed by atoms with Crippen LogP contribution < -0.4 is 9.47 Å². The van der Waals surface area contributed by atoms with Crippen LogP contribution in [0.2, 0.25) is 10.0 Å². The zero-order valence-corrected chi connectivity index (χ0v) is 24.0. The molecule has 9 nitrogen and oxygen atoms in total. The molecule has 1 saturated heterocycles. The van der Waals surface area contributed by atoms with Crippen LogP contribution in [0.3, 0.4) is 0 Å². The predicted molar refractivity (Wildman–Crippen MR) is 143 cm³/mol. The molecule has 0 bridgehead atoms. The van der Waals surface area contributed by atoms with Gasteiger partial charge in [-0.2, -0.15) is 4.31 Å². The monoisotopic (exact) mass is 584 g/mol. The first-order chi connectivity index (χ1) is 17.9. The number of esters is 1. The van der Waals surface area contributed by atoms with Gasteiger partial charge in [0.25, 0.3) is 15.9 Å². The third-order valence-electron chi connectivity index (χ3n) is 6.82. The van der Waals surface area contributed by atoms with Gasteiger partial charge in [0.1, 0.15) is 22.0 Å². The highest BCUT2D eigenvalue weighted by molar-refractivity contribution is 7.90. The van der Waals surface area contributed by atoms with Crippen LogP contribution in [0.25, 0.3) is 0 Å². The third kappa shape index (κ3) is 5.45. The first-order valence-electron chi connectivity index (χ1n) is 12.2. The number of methoxy groups -OCH3 is 1. The summed E-state index contributed by atoms with van der Waals surface area (Å²) in [6.45, 7) is 5.29. The molecule has 0 aliphatic carbocycles. The topological polar surface area (TPSA) is 102 Å². The van der Waals surface area contributed by atoms with E-state index in [0.29, 0.717) is 28.1 Å². The maximum absolute atomic E-state index is 13.2. The van der Waals surface area contributed by atoms with Crippen molar-refractivity contribution in [2.45, 2.75) is 37.5 Å². The van der Waals surface area contributed by atoms with Gasteiger partial charge in [0, 0.05) is 12.6 Å². The molecular weight excluding hydrogens is 555 g/mol. The molecule has 1 unspecified atom stereocenters. The van der Waals surface area contributed by atoms with Gasteiger partial charge in [-0.15, -0.1) is 0 Å². The number of likely N-dealkylation sites (tertiary alicyclic amines) is 1. The van der Waals surface area contributed by atoms with Crippen LogP contribution in [-0.2, 0) is 14.8 Å². The Balaban J connectivity index is 1.49. The maximum Gasteiger partial charge on any atom is 0.343 e. The average molecular weight is 586 g/mol. The summed E-state index contributed by atoms with van der Waals surface area (Å²) >= 11 is 12.7. The van der Waals surface area contributed by atoms with Gasteiger partial charge >= 0.3 is 5.97 Å². The molecule has 38 heavy (non-hydrogen) atoms. The Bertz CT molecular complexity index is 1360. The summed E-state index contributed by atoms with van der Waals surface area (Å²) in [5, 5.41) is -0.0350. The molecule has 12 heteroatoms. The molecule has 206 valence electrons. The number of hydrogen-bond donors (Lipinski definition) is 0. The van der Waals surface area contributed by atoms with Gasteiger partial charge in [-0.25, -0.2) is 13.2 Å². The molecule has 4 rings (SSSR count). The number of carbonyl (C=O) groups excluding carboxylic acids is 2. The van der Waals surface area contributed by atoms with Crippen molar-refractivity contribution in [1.29, 1.82) is 0 Å². The van der Waals surface area contributed by atoms with Crippen LogP contribution in [0.15, 0.2) is 29.2 Å². The predicted octanol–water partition coefficient (Wildman–Crippen LogP) is 4.81. The fourth-order valence-electron chi connectivity index (χ4n) is 4.72. The zero-order chi connectivity index (χ0) is 27.8. The van der Waals surface area contributed by atoms with E-state index in [4.69, 9.17) is 37.4 Å². The normalized spacial score (nSPS) is 18.7. The molecular formula is C26H30Cl2N2O7S. The van der Waals surface area contributed by atoms with Crippen LogP contribution in [0, 0.1) is 5.92 Å². The van der Waals surface area contributed by atoms with Crippen molar-refractivity contribution in [3.63, 3.8) is 0 Å². The number of sulfonamides is 1. The lowest BCUT2D eigenvalue weighted by Crippen LogP contribution is -2.33. The Morgan fingerprint density at radius 1 is 1.21 bits per heavy atom. The average Bonchev–Trinajstić information content (AvgIpc) is 3.36. The first-order valence-corrected chi connectivity index (χ1v) is 14.4. The Morgan fingerprint density at radius 2 is 1.95 bits per heavy atom. The van der Waals surface area contributed by atoms with Gasteiger partial charge in [0.05, 0.1) is 29.3 Å². The number of rotatable bonds is 9. The van der Waals surface area contributed by atoms with Crippen molar-refractivity contribution in [3.8, 4) is 11.5 Å². The zero-order valence-electron chi connectivity index (χ0n) is 21.6. The van der Waals surface area contributed by atoms with Crippen molar-refractivity contribution in [1.82, 2.24) is 9.21 Å².